The summed E-state index contributed by atoms with van der Waals surface area (Å²) in [4.78, 5) is 0. The zero-order valence-corrected chi connectivity index (χ0v) is 7.45. The summed E-state index contributed by atoms with van der Waals surface area (Å²) in [5.41, 5.74) is -0.0168. The molecule has 64 valence electrons. The molecular formula is C7H13NO2S. The van der Waals surface area contributed by atoms with E-state index in [4.69, 9.17) is 0 Å². The molecular weight excluding hydrogens is 162 g/mol. The fourth-order valence-corrected chi connectivity index (χ4v) is 3.81. The minimum atomic E-state index is -2.69. The molecule has 0 radical (unpaired) electrons. The maximum absolute atomic E-state index is 11.2. The Labute approximate surface area is 67.1 Å². The standard InChI is InChI=1S/C7H13NO2S/c1-8-7(3-4-7)6-2-5-11(6,9)10/h6,8H,2-5H2,1H3. The molecule has 1 N–H and O–H groups in total. The number of hydrogen-bond donors (Lipinski definition) is 1. The fourth-order valence-electron chi connectivity index (χ4n) is 1.92. The van der Waals surface area contributed by atoms with Crippen LogP contribution >= 0.6 is 0 Å². The molecule has 1 saturated carbocycles. The van der Waals surface area contributed by atoms with Gasteiger partial charge in [0.1, 0.15) is 0 Å². The third-order valence-electron chi connectivity index (χ3n) is 3.00. The second-order valence-corrected chi connectivity index (χ2v) is 5.85. The van der Waals surface area contributed by atoms with E-state index in [1.165, 1.54) is 0 Å². The zero-order chi connectivity index (χ0) is 8.11. The molecule has 1 atom stereocenters. The second-order valence-electron chi connectivity index (χ2n) is 3.55. The van der Waals surface area contributed by atoms with Crippen LogP contribution in [0.3, 0.4) is 0 Å². The number of sulfone groups is 1. The van der Waals surface area contributed by atoms with Gasteiger partial charge < -0.3 is 5.32 Å². The average molecular weight is 175 g/mol. The number of nitrogens with one attached hydrogen (secondary N) is 1. The quantitative estimate of drug-likeness (QED) is 0.639. The molecule has 1 heterocycles. The molecule has 1 unspecified atom stereocenters. The van der Waals surface area contributed by atoms with Crippen molar-refractivity contribution < 1.29 is 8.42 Å². The highest BCUT2D eigenvalue weighted by Gasteiger charge is 2.57. The first kappa shape index (κ1) is 7.55. The van der Waals surface area contributed by atoms with Gasteiger partial charge >= 0.3 is 0 Å². The van der Waals surface area contributed by atoms with Crippen molar-refractivity contribution in [2.24, 2.45) is 0 Å². The van der Waals surface area contributed by atoms with Gasteiger partial charge in [0.2, 0.25) is 0 Å². The van der Waals surface area contributed by atoms with E-state index in [-0.39, 0.29) is 10.8 Å². The van der Waals surface area contributed by atoms with Crippen LogP contribution in [0, 0.1) is 0 Å². The summed E-state index contributed by atoms with van der Waals surface area (Å²) >= 11 is 0. The Balaban J connectivity index is 2.18. The first-order valence-electron chi connectivity index (χ1n) is 4.01. The molecule has 3 nitrogen and oxygen atoms in total. The van der Waals surface area contributed by atoms with Crippen LogP contribution in [-0.2, 0) is 9.84 Å². The van der Waals surface area contributed by atoms with Gasteiger partial charge in [0.25, 0.3) is 0 Å². The normalized spacial score (nSPS) is 37.7. The van der Waals surface area contributed by atoms with Crippen molar-refractivity contribution in [3.8, 4) is 0 Å². The predicted octanol–water partition coefficient (Wildman–Crippen LogP) is -0.0745. The van der Waals surface area contributed by atoms with E-state index in [0.29, 0.717) is 5.75 Å². The first-order chi connectivity index (χ1) is 5.11. The highest BCUT2D eigenvalue weighted by atomic mass is 32.2. The lowest BCUT2D eigenvalue weighted by molar-refractivity contribution is 0.452. The molecule has 11 heavy (non-hydrogen) atoms. The zero-order valence-electron chi connectivity index (χ0n) is 6.63. The SMILES string of the molecule is CNC1(C2CCS2(=O)=O)CC1. The topological polar surface area (TPSA) is 46.2 Å². The summed E-state index contributed by atoms with van der Waals surface area (Å²) in [7, 11) is -0.830. The van der Waals surface area contributed by atoms with E-state index in [2.05, 4.69) is 5.32 Å². The maximum Gasteiger partial charge on any atom is 0.155 e. The van der Waals surface area contributed by atoms with Gasteiger partial charge in [-0.3, -0.25) is 0 Å². The summed E-state index contributed by atoms with van der Waals surface area (Å²) in [5.74, 6) is 0.404. The second kappa shape index (κ2) is 1.98. The number of rotatable bonds is 2. The monoisotopic (exact) mass is 175 g/mol. The van der Waals surface area contributed by atoms with Crippen LogP contribution in [0.2, 0.25) is 0 Å². The van der Waals surface area contributed by atoms with E-state index >= 15 is 0 Å². The Morgan fingerprint density at radius 1 is 1.45 bits per heavy atom. The lowest BCUT2D eigenvalue weighted by Gasteiger charge is -2.33. The Kier molecular flexibility index (Phi) is 1.36. The Morgan fingerprint density at radius 2 is 2.09 bits per heavy atom. The van der Waals surface area contributed by atoms with E-state index in [1.807, 2.05) is 7.05 Å². The molecule has 0 aromatic rings. The van der Waals surface area contributed by atoms with Crippen molar-refractivity contribution >= 4 is 9.84 Å². The minimum Gasteiger partial charge on any atom is -0.313 e. The van der Waals surface area contributed by atoms with Crippen LogP contribution in [0.25, 0.3) is 0 Å². The van der Waals surface area contributed by atoms with E-state index in [1.54, 1.807) is 0 Å². The molecule has 0 aromatic heterocycles. The van der Waals surface area contributed by atoms with Crippen molar-refractivity contribution in [2.75, 3.05) is 12.8 Å². The van der Waals surface area contributed by atoms with Gasteiger partial charge in [-0.05, 0) is 26.3 Å². The minimum absolute atomic E-state index is 0.0168. The molecule has 0 aromatic carbocycles. The third-order valence-corrected chi connectivity index (χ3v) is 5.36. The summed E-state index contributed by atoms with van der Waals surface area (Å²) in [6.45, 7) is 0. The first-order valence-corrected chi connectivity index (χ1v) is 5.73. The van der Waals surface area contributed by atoms with Crippen LogP contribution in [0.15, 0.2) is 0 Å². The average Bonchev–Trinajstić information content (AvgIpc) is 2.68. The highest BCUT2D eigenvalue weighted by Crippen LogP contribution is 2.46. The van der Waals surface area contributed by atoms with Crippen LogP contribution in [0.1, 0.15) is 19.3 Å². The molecule has 1 aliphatic heterocycles. The lowest BCUT2D eigenvalue weighted by atomic mass is 10.1. The van der Waals surface area contributed by atoms with Gasteiger partial charge in [-0.1, -0.05) is 0 Å². The van der Waals surface area contributed by atoms with Crippen molar-refractivity contribution in [1.82, 2.24) is 5.32 Å². The van der Waals surface area contributed by atoms with Crippen LogP contribution < -0.4 is 5.32 Å². The van der Waals surface area contributed by atoms with Gasteiger partial charge in [0.15, 0.2) is 9.84 Å². The van der Waals surface area contributed by atoms with Crippen LogP contribution in [-0.4, -0.2) is 32.0 Å². The predicted molar refractivity (Wildman–Crippen MR) is 43.2 cm³/mol. The van der Waals surface area contributed by atoms with Gasteiger partial charge in [-0.25, -0.2) is 8.42 Å². The molecule has 2 rings (SSSR count). The van der Waals surface area contributed by atoms with E-state index in [9.17, 15) is 8.42 Å². The fraction of sp³-hybridized carbons (Fsp3) is 1.00. The largest absolute Gasteiger partial charge is 0.313 e. The lowest BCUT2D eigenvalue weighted by Crippen LogP contribution is -2.52. The molecule has 0 spiro atoms. The summed E-state index contributed by atoms with van der Waals surface area (Å²) < 4.78 is 22.4. The third kappa shape index (κ3) is 0.924. The van der Waals surface area contributed by atoms with Crippen molar-refractivity contribution in [3.05, 3.63) is 0 Å². The van der Waals surface area contributed by atoms with E-state index < -0.39 is 9.84 Å². The molecule has 4 heteroatoms. The van der Waals surface area contributed by atoms with Crippen molar-refractivity contribution in [3.63, 3.8) is 0 Å². The summed E-state index contributed by atoms with van der Waals surface area (Å²) in [5, 5.41) is 3.06. The summed E-state index contributed by atoms with van der Waals surface area (Å²) in [6.07, 6.45) is 2.93. The van der Waals surface area contributed by atoms with Crippen LogP contribution in [0.5, 0.6) is 0 Å². The Bertz CT molecular complexity index is 266. The van der Waals surface area contributed by atoms with Gasteiger partial charge in [-0.2, -0.15) is 0 Å². The Hall–Kier alpha value is -0.0900. The molecule has 2 fully saturated rings. The molecule has 0 bridgehead atoms. The van der Waals surface area contributed by atoms with Gasteiger partial charge in [0, 0.05) is 5.54 Å². The van der Waals surface area contributed by atoms with Crippen molar-refractivity contribution in [2.45, 2.75) is 30.1 Å². The molecule has 0 amide bonds. The molecule has 2 aliphatic rings. The molecule has 1 aliphatic carbocycles. The smallest absolute Gasteiger partial charge is 0.155 e. The van der Waals surface area contributed by atoms with Crippen LogP contribution in [0.4, 0.5) is 0 Å². The van der Waals surface area contributed by atoms with Gasteiger partial charge in [0.05, 0.1) is 11.0 Å². The Morgan fingerprint density at radius 3 is 2.18 bits per heavy atom. The highest BCUT2D eigenvalue weighted by molar-refractivity contribution is 7.93. The summed E-state index contributed by atoms with van der Waals surface area (Å²) in [6, 6.07) is 0. The van der Waals surface area contributed by atoms with E-state index in [0.717, 1.165) is 19.3 Å². The van der Waals surface area contributed by atoms with Crippen molar-refractivity contribution in [1.29, 1.82) is 0 Å². The molecule has 1 saturated heterocycles. The maximum atomic E-state index is 11.2. The van der Waals surface area contributed by atoms with Gasteiger partial charge in [-0.15, -0.1) is 0 Å². The number of hydrogen-bond acceptors (Lipinski definition) is 3.